The normalized spacial score (nSPS) is 16.7. The molecule has 0 amide bonds. The Labute approximate surface area is 164 Å². The van der Waals surface area contributed by atoms with Crippen molar-refractivity contribution >= 4 is 22.0 Å². The van der Waals surface area contributed by atoms with Crippen molar-refractivity contribution < 1.29 is 18.8 Å². The van der Waals surface area contributed by atoms with Gasteiger partial charge in [-0.05, 0) is 36.4 Å². The van der Waals surface area contributed by atoms with E-state index in [-0.39, 0.29) is 17.7 Å². The molecule has 1 aromatic carbocycles. The summed E-state index contributed by atoms with van der Waals surface area (Å²) in [6, 6.07) is 10.3. The van der Waals surface area contributed by atoms with Gasteiger partial charge in [0.1, 0.15) is 17.0 Å². The molecule has 7 nitrogen and oxygen atoms in total. The molecule has 0 bridgehead atoms. The van der Waals surface area contributed by atoms with E-state index in [9.17, 15) is 9.50 Å². The molecule has 9 heteroatoms. The lowest BCUT2D eigenvalue weighted by atomic mass is 10.1. The quantitative estimate of drug-likeness (QED) is 0.546. The van der Waals surface area contributed by atoms with Crippen LogP contribution in [-0.4, -0.2) is 45.9 Å². The minimum atomic E-state index is -0.224. The van der Waals surface area contributed by atoms with Gasteiger partial charge in [0, 0.05) is 5.69 Å². The van der Waals surface area contributed by atoms with E-state index in [4.69, 9.17) is 4.42 Å². The number of aromatic hydroxyl groups is 1. The van der Waals surface area contributed by atoms with E-state index in [0.29, 0.717) is 4.96 Å². The molecule has 4 heterocycles. The fourth-order valence-corrected chi connectivity index (χ4v) is 4.94. The van der Waals surface area contributed by atoms with Crippen LogP contribution in [0.15, 0.2) is 53.4 Å². The Kier molecular flexibility index (Phi) is 4.25. The van der Waals surface area contributed by atoms with E-state index in [1.807, 2.05) is 24.3 Å². The van der Waals surface area contributed by atoms with Gasteiger partial charge >= 0.3 is 0 Å². The summed E-state index contributed by atoms with van der Waals surface area (Å²) < 4.78 is 20.4. The smallest absolute Gasteiger partial charge is 0.235 e. The standard InChI is InChI=1S/C19H18FN5O2S/c20-13-3-5-14(6-4-13)23-7-9-24(10-8-23)16(15-2-1-11-27-15)17-18(26)25-19(28-17)21-12-22-25/h1-6,11-12,16,26H,7-10H2/p+1/t16-/m1/s1. The van der Waals surface area contributed by atoms with Gasteiger partial charge in [0.15, 0.2) is 11.8 Å². The molecule has 1 aliphatic rings. The lowest BCUT2D eigenvalue weighted by Gasteiger charge is -2.36. The number of halogens is 1. The molecule has 144 valence electrons. The zero-order valence-electron chi connectivity index (χ0n) is 15.0. The summed E-state index contributed by atoms with van der Waals surface area (Å²) >= 11 is 1.43. The summed E-state index contributed by atoms with van der Waals surface area (Å²) in [6.45, 7) is 3.38. The van der Waals surface area contributed by atoms with E-state index in [0.717, 1.165) is 42.5 Å². The summed E-state index contributed by atoms with van der Waals surface area (Å²) in [7, 11) is 0. The number of quaternary nitrogens is 1. The van der Waals surface area contributed by atoms with Gasteiger partial charge in [0.25, 0.3) is 0 Å². The van der Waals surface area contributed by atoms with Gasteiger partial charge in [-0.3, -0.25) is 0 Å². The van der Waals surface area contributed by atoms with Crippen molar-refractivity contribution in [3.05, 3.63) is 65.4 Å². The molecule has 1 saturated heterocycles. The SMILES string of the molecule is Oc1c([C@@H](c2ccco2)[NH+]2CCN(c3ccc(F)cc3)CC2)sc2ncnn12. The Morgan fingerprint density at radius 1 is 1.18 bits per heavy atom. The molecular weight excluding hydrogens is 381 g/mol. The first-order valence-electron chi connectivity index (χ1n) is 9.10. The Balaban J connectivity index is 1.42. The first-order valence-corrected chi connectivity index (χ1v) is 9.92. The summed E-state index contributed by atoms with van der Waals surface area (Å²) in [5.41, 5.74) is 1.02. The second kappa shape index (κ2) is 6.92. The highest BCUT2D eigenvalue weighted by Crippen LogP contribution is 2.34. The number of thiazole rings is 1. The number of fused-ring (bicyclic) bond motifs is 1. The summed E-state index contributed by atoms with van der Waals surface area (Å²) in [5.74, 6) is 0.704. The zero-order valence-corrected chi connectivity index (χ0v) is 15.8. The maximum atomic E-state index is 13.2. The fourth-order valence-electron chi connectivity index (χ4n) is 3.85. The van der Waals surface area contributed by atoms with E-state index in [2.05, 4.69) is 15.0 Å². The molecule has 0 saturated carbocycles. The number of furan rings is 1. The number of piperazine rings is 1. The van der Waals surface area contributed by atoms with Gasteiger partial charge in [-0.25, -0.2) is 9.37 Å². The van der Waals surface area contributed by atoms with Crippen LogP contribution in [0.5, 0.6) is 5.88 Å². The van der Waals surface area contributed by atoms with Crippen molar-refractivity contribution in [2.24, 2.45) is 0 Å². The first kappa shape index (κ1) is 17.2. The van der Waals surface area contributed by atoms with E-state index in [1.54, 1.807) is 6.26 Å². The van der Waals surface area contributed by atoms with E-state index < -0.39 is 0 Å². The van der Waals surface area contributed by atoms with Gasteiger partial charge in [0.2, 0.25) is 10.8 Å². The zero-order chi connectivity index (χ0) is 19.1. The topological polar surface area (TPSA) is 71.2 Å². The van der Waals surface area contributed by atoms with E-state index >= 15 is 0 Å². The molecular formula is C19H19FN5O2S+. The van der Waals surface area contributed by atoms with Crippen LogP contribution in [0.2, 0.25) is 0 Å². The minimum absolute atomic E-state index is 0.118. The largest absolute Gasteiger partial charge is 0.492 e. The first-order chi connectivity index (χ1) is 13.7. The second-order valence-electron chi connectivity index (χ2n) is 6.81. The van der Waals surface area contributed by atoms with Gasteiger partial charge in [0.05, 0.1) is 32.4 Å². The number of hydrogen-bond acceptors (Lipinski definition) is 6. The molecule has 4 aromatic rings. The van der Waals surface area contributed by atoms with Crippen molar-refractivity contribution in [1.29, 1.82) is 0 Å². The molecule has 1 aliphatic heterocycles. The van der Waals surface area contributed by atoms with Crippen LogP contribution in [0, 0.1) is 5.82 Å². The maximum Gasteiger partial charge on any atom is 0.235 e. The van der Waals surface area contributed by atoms with Crippen molar-refractivity contribution in [3.63, 3.8) is 0 Å². The lowest BCUT2D eigenvalue weighted by Crippen LogP contribution is -3.15. The molecule has 28 heavy (non-hydrogen) atoms. The molecule has 0 aliphatic carbocycles. The average molecular weight is 400 g/mol. The Bertz CT molecular complexity index is 1070. The molecule has 3 aromatic heterocycles. The van der Waals surface area contributed by atoms with Gasteiger partial charge in [-0.15, -0.1) is 0 Å². The number of rotatable bonds is 4. The van der Waals surface area contributed by atoms with Crippen molar-refractivity contribution in [3.8, 4) is 5.88 Å². The van der Waals surface area contributed by atoms with Crippen LogP contribution in [-0.2, 0) is 0 Å². The van der Waals surface area contributed by atoms with Crippen LogP contribution in [0.3, 0.4) is 0 Å². The maximum absolute atomic E-state index is 13.2. The van der Waals surface area contributed by atoms with Crippen molar-refractivity contribution in [2.45, 2.75) is 6.04 Å². The number of anilines is 1. The Morgan fingerprint density at radius 3 is 2.64 bits per heavy atom. The molecule has 0 spiro atoms. The van der Waals surface area contributed by atoms with E-state index in [1.165, 1.54) is 39.2 Å². The number of aromatic nitrogens is 3. The highest BCUT2D eigenvalue weighted by Gasteiger charge is 2.36. The summed E-state index contributed by atoms with van der Waals surface area (Å²) in [6.07, 6.45) is 3.09. The molecule has 0 radical (unpaired) electrons. The highest BCUT2D eigenvalue weighted by molar-refractivity contribution is 7.17. The lowest BCUT2D eigenvalue weighted by molar-refractivity contribution is -0.926. The van der Waals surface area contributed by atoms with Crippen LogP contribution >= 0.6 is 11.3 Å². The third-order valence-corrected chi connectivity index (χ3v) is 6.33. The third kappa shape index (κ3) is 2.92. The molecule has 2 N–H and O–H groups in total. The Morgan fingerprint density at radius 2 is 1.96 bits per heavy atom. The number of nitrogens with one attached hydrogen (secondary N) is 1. The van der Waals surface area contributed by atoms with Crippen molar-refractivity contribution in [2.75, 3.05) is 31.1 Å². The third-order valence-electron chi connectivity index (χ3n) is 5.23. The molecule has 0 unspecified atom stereocenters. The summed E-state index contributed by atoms with van der Waals surface area (Å²) in [5, 5.41) is 14.8. The monoisotopic (exact) mass is 400 g/mol. The number of nitrogens with zero attached hydrogens (tertiary/aromatic N) is 4. The molecule has 5 rings (SSSR count). The van der Waals surface area contributed by atoms with Crippen molar-refractivity contribution in [1.82, 2.24) is 14.6 Å². The van der Waals surface area contributed by atoms with Crippen LogP contribution in [0.4, 0.5) is 10.1 Å². The average Bonchev–Trinajstić information content (AvgIpc) is 3.45. The predicted molar refractivity (Wildman–Crippen MR) is 102 cm³/mol. The summed E-state index contributed by atoms with van der Waals surface area (Å²) in [4.78, 5) is 9.22. The Hall–Kier alpha value is -2.91. The minimum Gasteiger partial charge on any atom is -0.492 e. The van der Waals surface area contributed by atoms with Crippen LogP contribution in [0.1, 0.15) is 16.7 Å². The fraction of sp³-hybridized carbons (Fsp3) is 0.263. The highest BCUT2D eigenvalue weighted by atomic mass is 32.1. The van der Waals surface area contributed by atoms with Gasteiger partial charge in [-0.2, -0.15) is 9.61 Å². The van der Waals surface area contributed by atoms with Gasteiger partial charge in [-0.1, -0.05) is 11.3 Å². The molecule has 1 fully saturated rings. The second-order valence-corrected chi connectivity index (χ2v) is 7.82. The number of hydrogen-bond donors (Lipinski definition) is 2. The van der Waals surface area contributed by atoms with Gasteiger partial charge < -0.3 is 19.3 Å². The van der Waals surface area contributed by atoms with Crippen LogP contribution < -0.4 is 9.80 Å². The number of benzene rings is 1. The molecule has 1 atom stereocenters. The predicted octanol–water partition coefficient (Wildman–Crippen LogP) is 1.72. The van der Waals surface area contributed by atoms with Crippen LogP contribution in [0.25, 0.3) is 4.96 Å².